The van der Waals surface area contributed by atoms with Crippen LogP contribution in [0.2, 0.25) is 0 Å². The van der Waals surface area contributed by atoms with Crippen LogP contribution in [-0.4, -0.2) is 6.21 Å². The molecule has 4 heteroatoms. The van der Waals surface area contributed by atoms with Gasteiger partial charge in [-0.3, -0.25) is 4.99 Å². The summed E-state index contributed by atoms with van der Waals surface area (Å²) in [7, 11) is 0. The van der Waals surface area contributed by atoms with Crippen LogP contribution in [0.3, 0.4) is 0 Å². The summed E-state index contributed by atoms with van der Waals surface area (Å²) in [6.45, 7) is 0.504. The fourth-order valence-corrected chi connectivity index (χ4v) is 3.09. The fourth-order valence-electron chi connectivity index (χ4n) is 2.83. The molecule has 0 aliphatic rings. The average Bonchev–Trinajstić information content (AvgIpc) is 2.79. The number of para-hydroxylation sites is 2. The number of rotatable bonds is 7. The van der Waals surface area contributed by atoms with Gasteiger partial charge in [-0.15, -0.1) is 0 Å². The molecular formula is C26H20BrNO2. The van der Waals surface area contributed by atoms with E-state index in [1.807, 2.05) is 109 Å². The average molecular weight is 458 g/mol. The molecular weight excluding hydrogens is 438 g/mol. The van der Waals surface area contributed by atoms with Crippen molar-refractivity contribution in [1.29, 1.82) is 0 Å². The first kappa shape index (κ1) is 19.9. The molecule has 0 aliphatic heterocycles. The maximum absolute atomic E-state index is 6.01. The molecule has 0 saturated carbocycles. The van der Waals surface area contributed by atoms with Crippen molar-refractivity contribution in [2.75, 3.05) is 0 Å². The minimum Gasteiger partial charge on any atom is -0.488 e. The Morgan fingerprint density at radius 3 is 2.13 bits per heavy atom. The molecule has 0 aliphatic carbocycles. The second-order valence-corrected chi connectivity index (χ2v) is 7.54. The van der Waals surface area contributed by atoms with E-state index in [2.05, 4.69) is 20.9 Å². The van der Waals surface area contributed by atoms with Gasteiger partial charge in [0.05, 0.1) is 5.69 Å². The number of hydrogen-bond donors (Lipinski definition) is 0. The van der Waals surface area contributed by atoms with Crippen molar-refractivity contribution in [1.82, 2.24) is 0 Å². The molecule has 0 fully saturated rings. The van der Waals surface area contributed by atoms with E-state index in [1.54, 1.807) is 0 Å². The van der Waals surface area contributed by atoms with Gasteiger partial charge < -0.3 is 9.47 Å². The van der Waals surface area contributed by atoms with Crippen LogP contribution >= 0.6 is 15.9 Å². The fraction of sp³-hybridized carbons (Fsp3) is 0.0385. The molecule has 148 valence electrons. The summed E-state index contributed by atoms with van der Waals surface area (Å²) in [6, 6.07) is 33.4. The molecule has 0 unspecified atom stereocenters. The molecule has 0 N–H and O–H groups in total. The molecule has 4 aromatic carbocycles. The number of ether oxygens (including phenoxy) is 2. The Morgan fingerprint density at radius 1 is 0.700 bits per heavy atom. The van der Waals surface area contributed by atoms with Gasteiger partial charge in [0.2, 0.25) is 0 Å². The molecule has 0 spiro atoms. The predicted octanol–water partition coefficient (Wildman–Crippen LogP) is 7.57. The summed E-state index contributed by atoms with van der Waals surface area (Å²) in [6.07, 6.45) is 1.82. The van der Waals surface area contributed by atoms with Crippen LogP contribution in [0.5, 0.6) is 17.2 Å². The summed E-state index contributed by atoms with van der Waals surface area (Å²) in [5.74, 6) is 2.39. The van der Waals surface area contributed by atoms with Crippen molar-refractivity contribution in [3.05, 3.63) is 119 Å². The third-order valence-electron chi connectivity index (χ3n) is 4.39. The quantitative estimate of drug-likeness (QED) is 0.268. The molecule has 4 aromatic rings. The zero-order chi connectivity index (χ0) is 20.6. The van der Waals surface area contributed by atoms with E-state index in [1.165, 1.54) is 0 Å². The lowest BCUT2D eigenvalue weighted by molar-refractivity contribution is 0.306. The standard InChI is InChI=1S/C26H20BrNO2/c27-22-12-10-20(11-13-22)19-29-26-9-5-4-6-21(26)18-28-23-14-16-25(17-15-23)30-24-7-2-1-3-8-24/h1-18H,19H2. The van der Waals surface area contributed by atoms with Crippen LogP contribution < -0.4 is 9.47 Å². The van der Waals surface area contributed by atoms with Gasteiger partial charge in [0.15, 0.2) is 0 Å². The van der Waals surface area contributed by atoms with Gasteiger partial charge in [0.25, 0.3) is 0 Å². The van der Waals surface area contributed by atoms with Gasteiger partial charge in [0, 0.05) is 16.3 Å². The highest BCUT2D eigenvalue weighted by molar-refractivity contribution is 9.10. The summed E-state index contributed by atoms with van der Waals surface area (Å²) >= 11 is 3.45. The monoisotopic (exact) mass is 457 g/mol. The number of aliphatic imine (C=N–C) groups is 1. The van der Waals surface area contributed by atoms with Gasteiger partial charge in [-0.05, 0) is 66.2 Å². The van der Waals surface area contributed by atoms with Gasteiger partial charge in [0.1, 0.15) is 23.9 Å². The summed E-state index contributed by atoms with van der Waals surface area (Å²) in [4.78, 5) is 4.59. The summed E-state index contributed by atoms with van der Waals surface area (Å²) in [5.41, 5.74) is 2.89. The van der Waals surface area contributed by atoms with Crippen molar-refractivity contribution < 1.29 is 9.47 Å². The van der Waals surface area contributed by atoms with E-state index in [4.69, 9.17) is 9.47 Å². The topological polar surface area (TPSA) is 30.8 Å². The number of halogens is 1. The molecule has 0 bridgehead atoms. The lowest BCUT2D eigenvalue weighted by Gasteiger charge is -2.09. The second-order valence-electron chi connectivity index (χ2n) is 6.62. The predicted molar refractivity (Wildman–Crippen MR) is 125 cm³/mol. The Labute approximate surface area is 184 Å². The van der Waals surface area contributed by atoms with E-state index < -0.39 is 0 Å². The lowest BCUT2D eigenvalue weighted by atomic mass is 10.2. The maximum Gasteiger partial charge on any atom is 0.128 e. The molecule has 0 radical (unpaired) electrons. The highest BCUT2D eigenvalue weighted by Gasteiger charge is 2.02. The zero-order valence-corrected chi connectivity index (χ0v) is 17.8. The third kappa shape index (κ3) is 5.58. The van der Waals surface area contributed by atoms with E-state index in [0.717, 1.165) is 38.5 Å². The summed E-state index contributed by atoms with van der Waals surface area (Å²) in [5, 5.41) is 0. The molecule has 0 saturated heterocycles. The Balaban J connectivity index is 1.41. The molecule has 3 nitrogen and oxygen atoms in total. The Morgan fingerprint density at radius 2 is 1.37 bits per heavy atom. The van der Waals surface area contributed by atoms with Crippen molar-refractivity contribution in [3.63, 3.8) is 0 Å². The van der Waals surface area contributed by atoms with Gasteiger partial charge in [-0.1, -0.05) is 58.4 Å². The lowest BCUT2D eigenvalue weighted by Crippen LogP contribution is -1.98. The summed E-state index contributed by atoms with van der Waals surface area (Å²) < 4.78 is 12.9. The van der Waals surface area contributed by atoms with Gasteiger partial charge >= 0.3 is 0 Å². The first-order valence-corrected chi connectivity index (χ1v) is 10.4. The van der Waals surface area contributed by atoms with Gasteiger partial charge in [-0.25, -0.2) is 0 Å². The molecule has 4 rings (SSSR count). The van der Waals surface area contributed by atoms with Crippen molar-refractivity contribution >= 4 is 27.8 Å². The van der Waals surface area contributed by atoms with E-state index in [0.29, 0.717) is 6.61 Å². The van der Waals surface area contributed by atoms with Crippen LogP contribution in [0.15, 0.2) is 113 Å². The highest BCUT2D eigenvalue weighted by atomic mass is 79.9. The van der Waals surface area contributed by atoms with Gasteiger partial charge in [-0.2, -0.15) is 0 Å². The molecule has 0 heterocycles. The maximum atomic E-state index is 6.01. The van der Waals surface area contributed by atoms with Crippen molar-refractivity contribution in [3.8, 4) is 17.2 Å². The van der Waals surface area contributed by atoms with E-state index >= 15 is 0 Å². The number of nitrogens with zero attached hydrogens (tertiary/aromatic N) is 1. The van der Waals surface area contributed by atoms with Crippen LogP contribution in [0.25, 0.3) is 0 Å². The number of hydrogen-bond acceptors (Lipinski definition) is 3. The first-order valence-electron chi connectivity index (χ1n) is 9.59. The SMILES string of the molecule is Brc1ccc(COc2ccccc2C=Nc2ccc(Oc3ccccc3)cc2)cc1. The van der Waals surface area contributed by atoms with Crippen LogP contribution in [0, 0.1) is 0 Å². The Bertz CT molecular complexity index is 1110. The molecule has 30 heavy (non-hydrogen) atoms. The highest BCUT2D eigenvalue weighted by Crippen LogP contribution is 2.24. The minimum atomic E-state index is 0.504. The smallest absolute Gasteiger partial charge is 0.128 e. The molecule has 0 aromatic heterocycles. The van der Waals surface area contributed by atoms with Crippen LogP contribution in [0.1, 0.15) is 11.1 Å². The first-order chi connectivity index (χ1) is 14.8. The normalized spacial score (nSPS) is 10.8. The second kappa shape index (κ2) is 9.90. The minimum absolute atomic E-state index is 0.504. The van der Waals surface area contributed by atoms with E-state index in [-0.39, 0.29) is 0 Å². The molecule has 0 amide bonds. The largest absolute Gasteiger partial charge is 0.488 e. The zero-order valence-electron chi connectivity index (χ0n) is 16.2. The van der Waals surface area contributed by atoms with Crippen LogP contribution in [-0.2, 0) is 6.61 Å². The Kier molecular flexibility index (Phi) is 6.58. The third-order valence-corrected chi connectivity index (χ3v) is 4.92. The Hall–Kier alpha value is -3.37. The number of benzene rings is 4. The van der Waals surface area contributed by atoms with Crippen molar-refractivity contribution in [2.24, 2.45) is 4.99 Å². The van der Waals surface area contributed by atoms with Crippen molar-refractivity contribution in [2.45, 2.75) is 6.61 Å². The van der Waals surface area contributed by atoms with E-state index in [9.17, 15) is 0 Å². The van der Waals surface area contributed by atoms with Crippen LogP contribution in [0.4, 0.5) is 5.69 Å². The molecule has 0 atom stereocenters.